The molecule has 1 aliphatic rings. The van der Waals surface area contributed by atoms with Gasteiger partial charge in [0.2, 0.25) is 0 Å². The van der Waals surface area contributed by atoms with E-state index in [0.717, 1.165) is 11.8 Å². The molecule has 2 rings (SSSR count). The Kier molecular flexibility index (Phi) is 5.03. The van der Waals surface area contributed by atoms with Crippen LogP contribution in [0.3, 0.4) is 0 Å². The molecule has 0 amide bonds. The molecular weight excluding hydrogens is 206 g/mol. The molecule has 1 unspecified atom stereocenters. The molecular formula is C16H25N. The van der Waals surface area contributed by atoms with Crippen LogP contribution in [0.1, 0.15) is 69.8 Å². The SMILES string of the molecule is CCC(CCC1CCCCC1)c1ccncc1. The van der Waals surface area contributed by atoms with Crippen LogP contribution in [-0.2, 0) is 0 Å². The zero-order valence-corrected chi connectivity index (χ0v) is 11.1. The van der Waals surface area contributed by atoms with Gasteiger partial charge in [-0.1, -0.05) is 39.0 Å². The first-order valence-electron chi connectivity index (χ1n) is 7.30. The maximum Gasteiger partial charge on any atom is 0.0270 e. The summed E-state index contributed by atoms with van der Waals surface area (Å²) >= 11 is 0. The summed E-state index contributed by atoms with van der Waals surface area (Å²) in [5.74, 6) is 1.76. The Morgan fingerprint density at radius 2 is 1.88 bits per heavy atom. The van der Waals surface area contributed by atoms with Crippen LogP contribution in [0.15, 0.2) is 24.5 Å². The van der Waals surface area contributed by atoms with Gasteiger partial charge in [0.25, 0.3) is 0 Å². The van der Waals surface area contributed by atoms with Gasteiger partial charge >= 0.3 is 0 Å². The number of hydrogen-bond donors (Lipinski definition) is 0. The molecule has 0 aliphatic heterocycles. The van der Waals surface area contributed by atoms with Gasteiger partial charge < -0.3 is 0 Å². The fourth-order valence-electron chi connectivity index (χ4n) is 3.15. The van der Waals surface area contributed by atoms with Crippen LogP contribution in [0.2, 0.25) is 0 Å². The van der Waals surface area contributed by atoms with E-state index in [-0.39, 0.29) is 0 Å². The number of pyridine rings is 1. The van der Waals surface area contributed by atoms with Crippen LogP contribution >= 0.6 is 0 Å². The highest BCUT2D eigenvalue weighted by molar-refractivity contribution is 5.15. The van der Waals surface area contributed by atoms with E-state index in [4.69, 9.17) is 0 Å². The summed E-state index contributed by atoms with van der Waals surface area (Å²) in [6.45, 7) is 2.31. The summed E-state index contributed by atoms with van der Waals surface area (Å²) < 4.78 is 0. The van der Waals surface area contributed by atoms with Gasteiger partial charge in [-0.15, -0.1) is 0 Å². The van der Waals surface area contributed by atoms with Crippen molar-refractivity contribution in [1.82, 2.24) is 4.98 Å². The van der Waals surface area contributed by atoms with Crippen LogP contribution in [-0.4, -0.2) is 4.98 Å². The van der Waals surface area contributed by atoms with Crippen molar-refractivity contribution in [3.63, 3.8) is 0 Å². The van der Waals surface area contributed by atoms with Crippen molar-refractivity contribution in [3.05, 3.63) is 30.1 Å². The van der Waals surface area contributed by atoms with Crippen molar-refractivity contribution < 1.29 is 0 Å². The van der Waals surface area contributed by atoms with Crippen LogP contribution in [0.4, 0.5) is 0 Å². The lowest BCUT2D eigenvalue weighted by atomic mass is 9.82. The Bertz CT molecular complexity index is 301. The van der Waals surface area contributed by atoms with E-state index < -0.39 is 0 Å². The molecule has 1 nitrogen and oxygen atoms in total. The Morgan fingerprint density at radius 1 is 1.18 bits per heavy atom. The number of rotatable bonds is 5. The Morgan fingerprint density at radius 3 is 2.53 bits per heavy atom. The molecule has 0 spiro atoms. The maximum absolute atomic E-state index is 4.11. The molecule has 1 aromatic heterocycles. The Hall–Kier alpha value is -0.850. The number of nitrogens with zero attached hydrogens (tertiary/aromatic N) is 1. The molecule has 1 fully saturated rings. The van der Waals surface area contributed by atoms with Crippen LogP contribution in [0.25, 0.3) is 0 Å². The highest BCUT2D eigenvalue weighted by Crippen LogP contribution is 2.32. The van der Waals surface area contributed by atoms with Crippen molar-refractivity contribution in [1.29, 1.82) is 0 Å². The lowest BCUT2D eigenvalue weighted by molar-refractivity contribution is 0.322. The first-order chi connectivity index (χ1) is 8.40. The zero-order valence-electron chi connectivity index (χ0n) is 11.1. The molecule has 94 valence electrons. The van der Waals surface area contributed by atoms with Crippen LogP contribution < -0.4 is 0 Å². The number of hydrogen-bond acceptors (Lipinski definition) is 1. The maximum atomic E-state index is 4.11. The standard InChI is InChI=1S/C16H25N/c1-2-15(16-10-12-17-13-11-16)9-8-14-6-4-3-5-7-14/h10-15H,2-9H2,1H3. The first kappa shape index (κ1) is 12.6. The van der Waals surface area contributed by atoms with Gasteiger partial charge in [-0.05, 0) is 48.8 Å². The third-order valence-corrected chi connectivity index (χ3v) is 4.32. The van der Waals surface area contributed by atoms with Crippen LogP contribution in [0.5, 0.6) is 0 Å². The Balaban J connectivity index is 1.83. The molecule has 1 aromatic rings. The van der Waals surface area contributed by atoms with Gasteiger partial charge in [0, 0.05) is 12.4 Å². The quantitative estimate of drug-likeness (QED) is 0.699. The molecule has 0 saturated heterocycles. The predicted octanol–water partition coefficient (Wildman–Crippen LogP) is 4.94. The van der Waals surface area contributed by atoms with Crippen molar-refractivity contribution in [2.24, 2.45) is 5.92 Å². The summed E-state index contributed by atoms with van der Waals surface area (Å²) in [5.41, 5.74) is 1.48. The smallest absolute Gasteiger partial charge is 0.0270 e. The lowest BCUT2D eigenvalue weighted by Crippen LogP contribution is -2.08. The van der Waals surface area contributed by atoms with Gasteiger partial charge in [-0.25, -0.2) is 0 Å². The second kappa shape index (κ2) is 6.78. The minimum Gasteiger partial charge on any atom is -0.265 e. The van der Waals surface area contributed by atoms with Gasteiger partial charge in [0.05, 0.1) is 0 Å². The molecule has 1 saturated carbocycles. The molecule has 1 aliphatic carbocycles. The second-order valence-corrected chi connectivity index (χ2v) is 5.47. The van der Waals surface area contributed by atoms with E-state index in [2.05, 4.69) is 24.0 Å². The Labute approximate surface area is 106 Å². The fraction of sp³-hybridized carbons (Fsp3) is 0.688. The van der Waals surface area contributed by atoms with Gasteiger partial charge in [0.1, 0.15) is 0 Å². The normalized spacial score (nSPS) is 19.1. The summed E-state index contributed by atoms with van der Waals surface area (Å²) in [5, 5.41) is 0. The van der Waals surface area contributed by atoms with Crippen molar-refractivity contribution in [2.75, 3.05) is 0 Å². The van der Waals surface area contributed by atoms with Crippen LogP contribution in [0, 0.1) is 5.92 Å². The van der Waals surface area contributed by atoms with Crippen molar-refractivity contribution >= 4 is 0 Å². The summed E-state index contributed by atoms with van der Waals surface area (Å²) in [6, 6.07) is 4.38. The minimum absolute atomic E-state index is 0.750. The number of aromatic nitrogens is 1. The van der Waals surface area contributed by atoms with Gasteiger partial charge in [0.15, 0.2) is 0 Å². The molecule has 0 radical (unpaired) electrons. The molecule has 17 heavy (non-hydrogen) atoms. The van der Waals surface area contributed by atoms with Gasteiger partial charge in [-0.2, -0.15) is 0 Å². The second-order valence-electron chi connectivity index (χ2n) is 5.47. The van der Waals surface area contributed by atoms with E-state index in [1.54, 1.807) is 0 Å². The topological polar surface area (TPSA) is 12.9 Å². The summed E-state index contributed by atoms with van der Waals surface area (Å²) in [7, 11) is 0. The largest absolute Gasteiger partial charge is 0.265 e. The average Bonchev–Trinajstić information content (AvgIpc) is 2.42. The third-order valence-electron chi connectivity index (χ3n) is 4.32. The van der Waals surface area contributed by atoms with E-state index in [9.17, 15) is 0 Å². The van der Waals surface area contributed by atoms with Crippen molar-refractivity contribution in [3.8, 4) is 0 Å². The molecule has 1 heteroatoms. The molecule has 0 aromatic carbocycles. The highest BCUT2D eigenvalue weighted by atomic mass is 14.6. The highest BCUT2D eigenvalue weighted by Gasteiger charge is 2.16. The van der Waals surface area contributed by atoms with E-state index in [1.165, 1.54) is 56.9 Å². The monoisotopic (exact) mass is 231 g/mol. The molecule has 1 heterocycles. The third kappa shape index (κ3) is 3.83. The molecule has 0 N–H and O–H groups in total. The molecule has 1 atom stereocenters. The minimum atomic E-state index is 0.750. The average molecular weight is 231 g/mol. The zero-order chi connectivity index (χ0) is 11.9. The first-order valence-corrected chi connectivity index (χ1v) is 7.30. The van der Waals surface area contributed by atoms with E-state index >= 15 is 0 Å². The fourth-order valence-corrected chi connectivity index (χ4v) is 3.15. The van der Waals surface area contributed by atoms with E-state index in [1.807, 2.05) is 12.4 Å². The van der Waals surface area contributed by atoms with Crippen molar-refractivity contribution in [2.45, 2.75) is 64.2 Å². The summed E-state index contributed by atoms with van der Waals surface area (Å²) in [4.78, 5) is 4.11. The van der Waals surface area contributed by atoms with Gasteiger partial charge in [-0.3, -0.25) is 4.98 Å². The lowest BCUT2D eigenvalue weighted by Gasteiger charge is -2.24. The van der Waals surface area contributed by atoms with E-state index in [0.29, 0.717) is 0 Å². The summed E-state index contributed by atoms with van der Waals surface area (Å²) in [6.07, 6.45) is 15.3. The predicted molar refractivity (Wildman–Crippen MR) is 73.1 cm³/mol. The molecule has 0 bridgehead atoms.